The van der Waals surface area contributed by atoms with Crippen LogP contribution in [0.5, 0.6) is 11.5 Å². The fourth-order valence-corrected chi connectivity index (χ4v) is 3.48. The molecule has 0 fully saturated rings. The first kappa shape index (κ1) is 16.5. The zero-order valence-electron chi connectivity index (χ0n) is 12.5. The van der Waals surface area contributed by atoms with Gasteiger partial charge in [-0.3, -0.25) is 4.72 Å². The van der Waals surface area contributed by atoms with Crippen molar-refractivity contribution in [3.05, 3.63) is 42.5 Å². The van der Waals surface area contributed by atoms with Crippen molar-refractivity contribution in [2.45, 2.75) is 9.79 Å². The fourth-order valence-electron chi connectivity index (χ4n) is 1.87. The molecule has 0 aliphatic rings. The summed E-state index contributed by atoms with van der Waals surface area (Å²) in [6, 6.07) is 11.7. The maximum absolute atomic E-state index is 12.5. The molecule has 22 heavy (non-hydrogen) atoms. The molecule has 2 rings (SSSR count). The molecule has 5 nitrogen and oxygen atoms in total. The molecule has 0 atom stereocenters. The zero-order valence-corrected chi connectivity index (χ0v) is 14.1. The number of thioether (sulfide) groups is 1. The standard InChI is InChI=1S/C15H17NO4S2/c1-19-12-6-9-15(14(10-12)20-2)22(17,18)16-11-4-7-13(21-3)8-5-11/h4-10,16H,1-3H3. The lowest BCUT2D eigenvalue weighted by Crippen LogP contribution is -2.14. The third-order valence-corrected chi connectivity index (χ3v) is 5.17. The van der Waals surface area contributed by atoms with Crippen LogP contribution in [0, 0.1) is 0 Å². The molecular formula is C15H17NO4S2. The van der Waals surface area contributed by atoms with Crippen molar-refractivity contribution in [1.82, 2.24) is 0 Å². The van der Waals surface area contributed by atoms with E-state index < -0.39 is 10.0 Å². The minimum Gasteiger partial charge on any atom is -0.497 e. The van der Waals surface area contributed by atoms with Crippen molar-refractivity contribution >= 4 is 27.5 Å². The Morgan fingerprint density at radius 1 is 1.00 bits per heavy atom. The monoisotopic (exact) mass is 339 g/mol. The highest BCUT2D eigenvalue weighted by atomic mass is 32.2. The van der Waals surface area contributed by atoms with Crippen LogP contribution in [0.25, 0.3) is 0 Å². The molecule has 0 aliphatic heterocycles. The molecule has 0 radical (unpaired) electrons. The molecule has 0 unspecified atom stereocenters. The Balaban J connectivity index is 2.33. The van der Waals surface area contributed by atoms with Gasteiger partial charge in [0.1, 0.15) is 16.4 Å². The highest BCUT2D eigenvalue weighted by molar-refractivity contribution is 7.98. The van der Waals surface area contributed by atoms with Crippen LogP contribution in [0.3, 0.4) is 0 Å². The lowest BCUT2D eigenvalue weighted by molar-refractivity contribution is 0.386. The Morgan fingerprint density at radius 3 is 2.23 bits per heavy atom. The average Bonchev–Trinajstić information content (AvgIpc) is 2.54. The molecule has 2 aromatic rings. The second-order valence-corrected chi connectivity index (χ2v) is 6.88. The molecule has 0 bridgehead atoms. The van der Waals surface area contributed by atoms with E-state index in [1.807, 2.05) is 18.4 Å². The van der Waals surface area contributed by atoms with Crippen LogP contribution in [0.2, 0.25) is 0 Å². The fraction of sp³-hybridized carbons (Fsp3) is 0.200. The summed E-state index contributed by atoms with van der Waals surface area (Å²) in [6.45, 7) is 0. The van der Waals surface area contributed by atoms with Crippen molar-refractivity contribution in [3.8, 4) is 11.5 Å². The van der Waals surface area contributed by atoms with E-state index in [-0.39, 0.29) is 10.6 Å². The van der Waals surface area contributed by atoms with Crippen LogP contribution in [0.4, 0.5) is 5.69 Å². The van der Waals surface area contributed by atoms with Gasteiger partial charge in [-0.1, -0.05) is 0 Å². The number of hydrogen-bond acceptors (Lipinski definition) is 5. The number of sulfonamides is 1. The van der Waals surface area contributed by atoms with Crippen molar-refractivity contribution in [2.75, 3.05) is 25.2 Å². The van der Waals surface area contributed by atoms with Gasteiger partial charge >= 0.3 is 0 Å². The number of nitrogens with one attached hydrogen (secondary N) is 1. The van der Waals surface area contributed by atoms with E-state index in [2.05, 4.69) is 4.72 Å². The van der Waals surface area contributed by atoms with Gasteiger partial charge in [0.05, 0.1) is 14.2 Å². The van der Waals surface area contributed by atoms with Gasteiger partial charge in [0.25, 0.3) is 10.0 Å². The number of benzene rings is 2. The maximum atomic E-state index is 12.5. The summed E-state index contributed by atoms with van der Waals surface area (Å²) in [5.41, 5.74) is 0.496. The summed E-state index contributed by atoms with van der Waals surface area (Å²) in [6.07, 6.45) is 1.96. The third kappa shape index (κ3) is 3.66. The summed E-state index contributed by atoms with van der Waals surface area (Å²) in [5.74, 6) is 0.757. The van der Waals surface area contributed by atoms with Gasteiger partial charge in [-0.05, 0) is 42.7 Å². The molecule has 0 saturated carbocycles. The van der Waals surface area contributed by atoms with Gasteiger partial charge < -0.3 is 9.47 Å². The summed E-state index contributed by atoms with van der Waals surface area (Å²) < 4.78 is 37.8. The van der Waals surface area contributed by atoms with E-state index >= 15 is 0 Å². The van der Waals surface area contributed by atoms with E-state index in [4.69, 9.17) is 9.47 Å². The predicted octanol–water partition coefficient (Wildman–Crippen LogP) is 3.23. The van der Waals surface area contributed by atoms with Crippen molar-refractivity contribution in [1.29, 1.82) is 0 Å². The topological polar surface area (TPSA) is 64.6 Å². The lowest BCUT2D eigenvalue weighted by atomic mass is 10.3. The Kier molecular flexibility index (Phi) is 5.20. The largest absolute Gasteiger partial charge is 0.497 e. The Morgan fingerprint density at radius 2 is 1.68 bits per heavy atom. The average molecular weight is 339 g/mol. The normalized spacial score (nSPS) is 11.0. The minimum absolute atomic E-state index is 0.0599. The lowest BCUT2D eigenvalue weighted by Gasteiger charge is -2.13. The van der Waals surface area contributed by atoms with E-state index in [1.165, 1.54) is 26.4 Å². The second kappa shape index (κ2) is 6.93. The van der Waals surface area contributed by atoms with E-state index in [9.17, 15) is 8.42 Å². The number of rotatable bonds is 6. The number of methoxy groups -OCH3 is 2. The first-order valence-corrected chi connectivity index (χ1v) is 9.10. The Hall–Kier alpha value is -1.86. The van der Waals surface area contributed by atoms with Gasteiger partial charge in [0, 0.05) is 16.6 Å². The quantitative estimate of drug-likeness (QED) is 0.819. The van der Waals surface area contributed by atoms with E-state index in [1.54, 1.807) is 30.0 Å². The molecule has 0 aliphatic carbocycles. The highest BCUT2D eigenvalue weighted by Gasteiger charge is 2.20. The van der Waals surface area contributed by atoms with Gasteiger partial charge in [0.2, 0.25) is 0 Å². The van der Waals surface area contributed by atoms with Crippen molar-refractivity contribution < 1.29 is 17.9 Å². The highest BCUT2D eigenvalue weighted by Crippen LogP contribution is 2.30. The molecule has 118 valence electrons. The maximum Gasteiger partial charge on any atom is 0.265 e. The van der Waals surface area contributed by atoms with Crippen LogP contribution in [0.15, 0.2) is 52.3 Å². The molecule has 7 heteroatoms. The summed E-state index contributed by atoms with van der Waals surface area (Å²) >= 11 is 1.59. The first-order valence-electron chi connectivity index (χ1n) is 6.39. The zero-order chi connectivity index (χ0) is 16.2. The van der Waals surface area contributed by atoms with Crippen molar-refractivity contribution in [2.24, 2.45) is 0 Å². The SMILES string of the molecule is COc1ccc(S(=O)(=O)Nc2ccc(SC)cc2)c(OC)c1. The minimum atomic E-state index is -3.74. The van der Waals surface area contributed by atoms with Crippen LogP contribution in [-0.2, 0) is 10.0 Å². The number of hydrogen-bond donors (Lipinski definition) is 1. The number of anilines is 1. The van der Waals surface area contributed by atoms with E-state index in [0.29, 0.717) is 11.4 Å². The van der Waals surface area contributed by atoms with Gasteiger partial charge in [-0.15, -0.1) is 11.8 Å². The molecule has 0 aromatic heterocycles. The van der Waals surface area contributed by atoms with Crippen molar-refractivity contribution in [3.63, 3.8) is 0 Å². The molecule has 1 N–H and O–H groups in total. The van der Waals surface area contributed by atoms with Crippen LogP contribution in [-0.4, -0.2) is 28.9 Å². The molecule has 0 spiro atoms. The Labute approximate surface area is 134 Å². The van der Waals surface area contributed by atoms with Gasteiger partial charge in [-0.25, -0.2) is 8.42 Å². The molecule has 0 amide bonds. The smallest absolute Gasteiger partial charge is 0.265 e. The second-order valence-electron chi connectivity index (χ2n) is 4.35. The molecule has 0 heterocycles. The number of ether oxygens (including phenoxy) is 2. The summed E-state index contributed by atoms with van der Waals surface area (Å²) in [7, 11) is -0.812. The predicted molar refractivity (Wildman–Crippen MR) is 88.6 cm³/mol. The first-order chi connectivity index (χ1) is 10.5. The van der Waals surface area contributed by atoms with Crippen LogP contribution >= 0.6 is 11.8 Å². The van der Waals surface area contributed by atoms with E-state index in [0.717, 1.165) is 4.90 Å². The van der Waals surface area contributed by atoms with Gasteiger partial charge in [-0.2, -0.15) is 0 Å². The third-order valence-electron chi connectivity index (χ3n) is 3.00. The van der Waals surface area contributed by atoms with Gasteiger partial charge in [0.15, 0.2) is 0 Å². The molecule has 0 saturated heterocycles. The molecular weight excluding hydrogens is 322 g/mol. The Bertz CT molecular complexity index is 743. The summed E-state index contributed by atoms with van der Waals surface area (Å²) in [5, 5.41) is 0. The summed E-state index contributed by atoms with van der Waals surface area (Å²) in [4.78, 5) is 1.12. The van der Waals surface area contributed by atoms with Crippen LogP contribution < -0.4 is 14.2 Å². The van der Waals surface area contributed by atoms with Crippen LogP contribution in [0.1, 0.15) is 0 Å². The molecule has 2 aromatic carbocycles.